The number of nitrogens with zero attached hydrogens (tertiary/aromatic N) is 1. The van der Waals surface area contributed by atoms with Crippen molar-refractivity contribution >= 4 is 0 Å². The summed E-state index contributed by atoms with van der Waals surface area (Å²) in [4.78, 5) is 2.37. The standard InChI is InChI=1S/C15H24N2O/c1-12(2)18-15-7-5-4-6-13(15)10-16-14-8-9-17(3)11-14/h4-7,12,14,16H,8-11H2,1-3H3. The highest BCUT2D eigenvalue weighted by atomic mass is 16.5. The lowest BCUT2D eigenvalue weighted by Gasteiger charge is -2.17. The molecule has 1 aromatic rings. The van der Waals surface area contributed by atoms with Gasteiger partial charge in [-0.3, -0.25) is 0 Å². The number of hydrogen-bond acceptors (Lipinski definition) is 3. The number of likely N-dealkylation sites (N-methyl/N-ethyl adjacent to an activating group) is 1. The number of para-hydroxylation sites is 1. The first-order chi connectivity index (χ1) is 8.65. The van der Waals surface area contributed by atoms with Gasteiger partial charge in [-0.25, -0.2) is 0 Å². The van der Waals surface area contributed by atoms with E-state index >= 15 is 0 Å². The smallest absolute Gasteiger partial charge is 0.124 e. The van der Waals surface area contributed by atoms with E-state index in [1.807, 2.05) is 6.07 Å². The van der Waals surface area contributed by atoms with Crippen LogP contribution in [0.25, 0.3) is 0 Å². The summed E-state index contributed by atoms with van der Waals surface area (Å²) in [5.41, 5.74) is 1.25. The molecule has 0 aromatic heterocycles. The topological polar surface area (TPSA) is 24.5 Å². The number of benzene rings is 1. The summed E-state index contributed by atoms with van der Waals surface area (Å²) in [6.45, 7) is 7.36. The third kappa shape index (κ3) is 3.72. The van der Waals surface area contributed by atoms with Gasteiger partial charge in [-0.15, -0.1) is 0 Å². The SMILES string of the molecule is CC(C)Oc1ccccc1CNC1CCN(C)C1. The fourth-order valence-electron chi connectivity index (χ4n) is 2.37. The molecule has 100 valence electrons. The maximum Gasteiger partial charge on any atom is 0.124 e. The normalized spacial score (nSPS) is 20.6. The van der Waals surface area contributed by atoms with Crippen molar-refractivity contribution in [3.63, 3.8) is 0 Å². The van der Waals surface area contributed by atoms with Crippen molar-refractivity contribution in [2.45, 2.75) is 39.0 Å². The van der Waals surface area contributed by atoms with Crippen molar-refractivity contribution in [3.8, 4) is 5.75 Å². The van der Waals surface area contributed by atoms with E-state index in [2.05, 4.69) is 49.3 Å². The molecule has 1 saturated heterocycles. The average Bonchev–Trinajstić information content (AvgIpc) is 2.73. The monoisotopic (exact) mass is 248 g/mol. The van der Waals surface area contributed by atoms with E-state index in [4.69, 9.17) is 4.74 Å². The van der Waals surface area contributed by atoms with Gasteiger partial charge in [-0.2, -0.15) is 0 Å². The van der Waals surface area contributed by atoms with Crippen LogP contribution < -0.4 is 10.1 Å². The molecule has 0 bridgehead atoms. The lowest BCUT2D eigenvalue weighted by Crippen LogP contribution is -2.31. The molecule has 0 aliphatic carbocycles. The minimum Gasteiger partial charge on any atom is -0.491 e. The Balaban J connectivity index is 1.92. The minimum absolute atomic E-state index is 0.226. The molecule has 3 heteroatoms. The van der Waals surface area contributed by atoms with Crippen LogP contribution in [0.15, 0.2) is 24.3 Å². The fourth-order valence-corrected chi connectivity index (χ4v) is 2.37. The van der Waals surface area contributed by atoms with E-state index in [0.29, 0.717) is 6.04 Å². The number of hydrogen-bond donors (Lipinski definition) is 1. The molecule has 1 fully saturated rings. The first-order valence-electron chi connectivity index (χ1n) is 6.81. The quantitative estimate of drug-likeness (QED) is 0.865. The molecule has 0 radical (unpaired) electrons. The second kappa shape index (κ2) is 6.21. The van der Waals surface area contributed by atoms with Crippen molar-refractivity contribution in [2.24, 2.45) is 0 Å². The highest BCUT2D eigenvalue weighted by Crippen LogP contribution is 2.19. The van der Waals surface area contributed by atoms with Crippen LogP contribution in [0.1, 0.15) is 25.8 Å². The van der Waals surface area contributed by atoms with E-state index in [1.165, 1.54) is 18.5 Å². The maximum atomic E-state index is 5.83. The Morgan fingerprint density at radius 3 is 2.83 bits per heavy atom. The van der Waals surface area contributed by atoms with Crippen LogP contribution in [0, 0.1) is 0 Å². The summed E-state index contributed by atoms with van der Waals surface area (Å²) >= 11 is 0. The van der Waals surface area contributed by atoms with Crippen molar-refractivity contribution < 1.29 is 4.74 Å². The third-order valence-corrected chi connectivity index (χ3v) is 3.31. The summed E-state index contributed by atoms with van der Waals surface area (Å²) < 4.78 is 5.83. The Labute approximate surface area is 110 Å². The summed E-state index contributed by atoms with van der Waals surface area (Å²) in [6.07, 6.45) is 1.47. The first-order valence-corrected chi connectivity index (χ1v) is 6.81. The summed E-state index contributed by atoms with van der Waals surface area (Å²) in [5.74, 6) is 1.01. The van der Waals surface area contributed by atoms with Crippen LogP contribution in [0.4, 0.5) is 0 Å². The molecule has 0 amide bonds. The molecule has 18 heavy (non-hydrogen) atoms. The first kappa shape index (κ1) is 13.4. The maximum absolute atomic E-state index is 5.83. The van der Waals surface area contributed by atoms with Gasteiger partial charge in [-0.05, 0) is 39.9 Å². The minimum atomic E-state index is 0.226. The van der Waals surface area contributed by atoms with Gasteiger partial charge >= 0.3 is 0 Å². The number of likely N-dealkylation sites (tertiary alicyclic amines) is 1. The highest BCUT2D eigenvalue weighted by molar-refractivity contribution is 5.33. The van der Waals surface area contributed by atoms with E-state index in [1.54, 1.807) is 0 Å². The molecule has 0 spiro atoms. The molecule has 1 atom stereocenters. The van der Waals surface area contributed by atoms with Gasteiger partial charge in [0.1, 0.15) is 5.75 Å². The van der Waals surface area contributed by atoms with Gasteiger partial charge in [0.05, 0.1) is 6.10 Å². The Kier molecular flexibility index (Phi) is 4.61. The summed E-state index contributed by atoms with van der Waals surface area (Å²) in [5, 5.41) is 3.62. The van der Waals surface area contributed by atoms with Gasteiger partial charge in [0.25, 0.3) is 0 Å². The molecule has 1 aliphatic heterocycles. The van der Waals surface area contributed by atoms with E-state index in [-0.39, 0.29) is 6.10 Å². The van der Waals surface area contributed by atoms with Gasteiger partial charge in [0.2, 0.25) is 0 Å². The average molecular weight is 248 g/mol. The molecule has 1 aromatic carbocycles. The van der Waals surface area contributed by atoms with Crippen molar-refractivity contribution in [1.29, 1.82) is 0 Å². The molecule has 1 N–H and O–H groups in total. The fraction of sp³-hybridized carbons (Fsp3) is 0.600. The van der Waals surface area contributed by atoms with Crippen molar-refractivity contribution in [1.82, 2.24) is 10.2 Å². The Morgan fingerprint density at radius 2 is 2.17 bits per heavy atom. The second-order valence-electron chi connectivity index (χ2n) is 5.40. The van der Waals surface area contributed by atoms with Crippen molar-refractivity contribution in [2.75, 3.05) is 20.1 Å². The predicted octanol–water partition coefficient (Wildman–Crippen LogP) is 2.27. The number of nitrogens with one attached hydrogen (secondary N) is 1. The molecule has 2 rings (SSSR count). The van der Waals surface area contributed by atoms with Crippen LogP contribution >= 0.6 is 0 Å². The van der Waals surface area contributed by atoms with Crippen LogP contribution in [-0.4, -0.2) is 37.2 Å². The van der Waals surface area contributed by atoms with Crippen LogP contribution in [0.3, 0.4) is 0 Å². The van der Waals surface area contributed by atoms with E-state index < -0.39 is 0 Å². The molecular weight excluding hydrogens is 224 g/mol. The zero-order valence-corrected chi connectivity index (χ0v) is 11.6. The van der Waals surface area contributed by atoms with E-state index in [9.17, 15) is 0 Å². The Bertz CT molecular complexity index is 379. The lowest BCUT2D eigenvalue weighted by molar-refractivity contribution is 0.239. The molecule has 1 unspecified atom stereocenters. The lowest BCUT2D eigenvalue weighted by atomic mass is 10.1. The largest absolute Gasteiger partial charge is 0.491 e. The third-order valence-electron chi connectivity index (χ3n) is 3.31. The number of ether oxygens (including phenoxy) is 1. The number of rotatable bonds is 5. The Morgan fingerprint density at radius 1 is 1.39 bits per heavy atom. The molecule has 1 heterocycles. The predicted molar refractivity (Wildman–Crippen MR) is 74.9 cm³/mol. The van der Waals surface area contributed by atoms with Crippen molar-refractivity contribution in [3.05, 3.63) is 29.8 Å². The van der Waals surface area contributed by atoms with Gasteiger partial charge in [0.15, 0.2) is 0 Å². The Hall–Kier alpha value is -1.06. The zero-order chi connectivity index (χ0) is 13.0. The van der Waals surface area contributed by atoms with Gasteiger partial charge in [-0.1, -0.05) is 18.2 Å². The molecule has 0 saturated carbocycles. The molecule has 3 nitrogen and oxygen atoms in total. The van der Waals surface area contributed by atoms with Gasteiger partial charge in [0, 0.05) is 24.7 Å². The highest BCUT2D eigenvalue weighted by Gasteiger charge is 2.18. The second-order valence-corrected chi connectivity index (χ2v) is 5.40. The molecule has 1 aliphatic rings. The molecular formula is C15H24N2O. The van der Waals surface area contributed by atoms with Crippen LogP contribution in [0.2, 0.25) is 0 Å². The summed E-state index contributed by atoms with van der Waals surface area (Å²) in [6, 6.07) is 8.92. The summed E-state index contributed by atoms with van der Waals surface area (Å²) in [7, 11) is 2.18. The zero-order valence-electron chi connectivity index (χ0n) is 11.6. The van der Waals surface area contributed by atoms with Crippen LogP contribution in [-0.2, 0) is 6.54 Å². The van der Waals surface area contributed by atoms with Crippen LogP contribution in [0.5, 0.6) is 5.75 Å². The van der Waals surface area contributed by atoms with E-state index in [0.717, 1.165) is 18.8 Å². The van der Waals surface area contributed by atoms with Gasteiger partial charge < -0.3 is 15.0 Å².